The van der Waals surface area contributed by atoms with Gasteiger partial charge in [-0.1, -0.05) is 19.2 Å². The lowest BCUT2D eigenvalue weighted by Crippen LogP contribution is -1.81. The summed E-state index contributed by atoms with van der Waals surface area (Å²) >= 11 is 0. The molecule has 1 aromatic heterocycles. The van der Waals surface area contributed by atoms with Gasteiger partial charge < -0.3 is 0 Å². The Morgan fingerprint density at radius 2 is 2.33 bits per heavy atom. The number of hydrogen-bond acceptors (Lipinski definition) is 1. The summed E-state index contributed by atoms with van der Waals surface area (Å²) in [6.07, 6.45) is 6.95. The third-order valence-corrected chi connectivity index (χ3v) is 1.04. The molecule has 0 amide bonds. The number of rotatable bonds is 2. The fourth-order valence-electron chi connectivity index (χ4n) is 0.558. The Morgan fingerprint density at radius 1 is 1.56 bits per heavy atom. The Balaban J connectivity index is 2.98. The SMILES string of the molecule is C=Cc1cnn(C=C)c1. The lowest BCUT2D eigenvalue weighted by molar-refractivity contribution is 0.937. The second-order valence-corrected chi connectivity index (χ2v) is 1.64. The summed E-state index contributed by atoms with van der Waals surface area (Å²) < 4.78 is 1.64. The van der Waals surface area contributed by atoms with Crippen molar-refractivity contribution in [2.24, 2.45) is 0 Å². The Morgan fingerprint density at radius 3 is 2.67 bits per heavy atom. The summed E-state index contributed by atoms with van der Waals surface area (Å²) in [5.74, 6) is 0. The van der Waals surface area contributed by atoms with Crippen LogP contribution in [-0.4, -0.2) is 9.78 Å². The van der Waals surface area contributed by atoms with E-state index in [0.717, 1.165) is 5.56 Å². The van der Waals surface area contributed by atoms with Crippen molar-refractivity contribution in [2.45, 2.75) is 0 Å². The normalized spacial score (nSPS) is 8.89. The van der Waals surface area contributed by atoms with Gasteiger partial charge in [0.05, 0.1) is 6.20 Å². The lowest BCUT2D eigenvalue weighted by Gasteiger charge is -1.82. The van der Waals surface area contributed by atoms with Crippen molar-refractivity contribution in [3.63, 3.8) is 0 Å². The first-order valence-electron chi connectivity index (χ1n) is 2.66. The van der Waals surface area contributed by atoms with E-state index < -0.39 is 0 Å². The van der Waals surface area contributed by atoms with Crippen molar-refractivity contribution in [3.8, 4) is 0 Å². The Kier molecular flexibility index (Phi) is 1.49. The van der Waals surface area contributed by atoms with Gasteiger partial charge in [-0.15, -0.1) is 0 Å². The topological polar surface area (TPSA) is 17.8 Å². The maximum atomic E-state index is 3.93. The molecule has 0 aliphatic rings. The van der Waals surface area contributed by atoms with E-state index in [-0.39, 0.29) is 0 Å². The molecule has 0 aliphatic carbocycles. The molecule has 1 aromatic rings. The highest BCUT2D eigenvalue weighted by atomic mass is 15.2. The number of nitrogens with zero attached hydrogens (tertiary/aromatic N) is 2. The molecule has 0 fully saturated rings. The van der Waals surface area contributed by atoms with Gasteiger partial charge in [-0.25, -0.2) is 4.68 Å². The van der Waals surface area contributed by atoms with Crippen molar-refractivity contribution in [3.05, 3.63) is 31.1 Å². The van der Waals surface area contributed by atoms with Crippen molar-refractivity contribution in [2.75, 3.05) is 0 Å². The highest BCUT2D eigenvalue weighted by molar-refractivity contribution is 5.44. The highest BCUT2D eigenvalue weighted by Crippen LogP contribution is 1.97. The minimum Gasteiger partial charge on any atom is -0.248 e. The zero-order valence-electron chi connectivity index (χ0n) is 5.12. The molecular weight excluding hydrogens is 112 g/mol. The third kappa shape index (κ3) is 1.08. The first-order chi connectivity index (χ1) is 4.36. The Hall–Kier alpha value is -1.31. The summed E-state index contributed by atoms with van der Waals surface area (Å²) in [6.45, 7) is 7.14. The summed E-state index contributed by atoms with van der Waals surface area (Å²) in [5.41, 5.74) is 1.01. The van der Waals surface area contributed by atoms with E-state index in [1.54, 1.807) is 23.2 Å². The predicted octanol–water partition coefficient (Wildman–Crippen LogP) is 1.63. The van der Waals surface area contributed by atoms with Crippen LogP contribution in [0.1, 0.15) is 5.56 Å². The Labute approximate surface area is 54.1 Å². The maximum absolute atomic E-state index is 3.93. The molecule has 1 rings (SSSR count). The van der Waals surface area contributed by atoms with Crippen LogP contribution in [0, 0.1) is 0 Å². The Bertz CT molecular complexity index is 200. The molecule has 0 spiro atoms. The van der Waals surface area contributed by atoms with E-state index >= 15 is 0 Å². The second kappa shape index (κ2) is 2.31. The summed E-state index contributed by atoms with van der Waals surface area (Å²) in [5, 5.41) is 3.93. The van der Waals surface area contributed by atoms with E-state index in [4.69, 9.17) is 0 Å². The zero-order valence-corrected chi connectivity index (χ0v) is 5.12. The van der Waals surface area contributed by atoms with Crippen molar-refractivity contribution < 1.29 is 0 Å². The van der Waals surface area contributed by atoms with Crippen LogP contribution in [0.25, 0.3) is 12.3 Å². The van der Waals surface area contributed by atoms with E-state index in [9.17, 15) is 0 Å². The van der Waals surface area contributed by atoms with Crippen molar-refractivity contribution in [1.82, 2.24) is 9.78 Å². The van der Waals surface area contributed by atoms with Gasteiger partial charge in [0.25, 0.3) is 0 Å². The molecule has 0 radical (unpaired) electrons. The van der Waals surface area contributed by atoms with Crippen LogP contribution >= 0.6 is 0 Å². The molecule has 0 atom stereocenters. The van der Waals surface area contributed by atoms with Crippen LogP contribution in [0.4, 0.5) is 0 Å². The molecule has 0 aromatic carbocycles. The van der Waals surface area contributed by atoms with Crippen molar-refractivity contribution >= 4 is 12.3 Å². The lowest BCUT2D eigenvalue weighted by atomic mass is 10.4. The first kappa shape index (κ1) is 5.82. The van der Waals surface area contributed by atoms with Gasteiger partial charge in [-0.05, 0) is 0 Å². The molecule has 0 saturated carbocycles. The van der Waals surface area contributed by atoms with Crippen LogP contribution in [0.2, 0.25) is 0 Å². The molecule has 9 heavy (non-hydrogen) atoms. The average molecular weight is 120 g/mol. The standard InChI is InChI=1S/C7H8N2/c1-3-7-5-8-9(4-2)6-7/h3-6H,1-2H2. The molecule has 0 bridgehead atoms. The molecule has 0 aliphatic heterocycles. The average Bonchev–Trinajstić information content (AvgIpc) is 2.34. The smallest absolute Gasteiger partial charge is 0.0566 e. The van der Waals surface area contributed by atoms with Gasteiger partial charge >= 0.3 is 0 Å². The molecule has 0 N–H and O–H groups in total. The third-order valence-electron chi connectivity index (χ3n) is 1.04. The summed E-state index contributed by atoms with van der Waals surface area (Å²) in [6, 6.07) is 0. The first-order valence-corrected chi connectivity index (χ1v) is 2.66. The quantitative estimate of drug-likeness (QED) is 0.580. The highest BCUT2D eigenvalue weighted by Gasteiger charge is 1.86. The minimum atomic E-state index is 1.01. The number of aromatic nitrogens is 2. The van der Waals surface area contributed by atoms with Gasteiger partial charge in [-0.2, -0.15) is 5.10 Å². The fourth-order valence-corrected chi connectivity index (χ4v) is 0.558. The molecule has 46 valence electrons. The summed E-state index contributed by atoms with van der Waals surface area (Å²) in [4.78, 5) is 0. The van der Waals surface area contributed by atoms with Crippen LogP contribution < -0.4 is 0 Å². The van der Waals surface area contributed by atoms with Crippen LogP contribution in [0.15, 0.2) is 25.6 Å². The van der Waals surface area contributed by atoms with Gasteiger partial charge in [0.2, 0.25) is 0 Å². The molecule has 1 heterocycles. The zero-order chi connectivity index (χ0) is 6.69. The monoisotopic (exact) mass is 120 g/mol. The van der Waals surface area contributed by atoms with Gasteiger partial charge in [0, 0.05) is 18.0 Å². The molecule has 2 heteroatoms. The predicted molar refractivity (Wildman–Crippen MR) is 38.7 cm³/mol. The minimum absolute atomic E-state index is 1.01. The van der Waals surface area contributed by atoms with Crippen LogP contribution in [0.3, 0.4) is 0 Å². The molecule has 0 unspecified atom stereocenters. The van der Waals surface area contributed by atoms with E-state index in [0.29, 0.717) is 0 Å². The summed E-state index contributed by atoms with van der Waals surface area (Å²) in [7, 11) is 0. The van der Waals surface area contributed by atoms with E-state index in [1.807, 2.05) is 6.20 Å². The largest absolute Gasteiger partial charge is 0.248 e. The fraction of sp³-hybridized carbons (Fsp3) is 0. The maximum Gasteiger partial charge on any atom is 0.0566 e. The molecule has 0 saturated heterocycles. The second-order valence-electron chi connectivity index (χ2n) is 1.64. The number of hydrogen-bond donors (Lipinski definition) is 0. The van der Waals surface area contributed by atoms with Gasteiger partial charge in [0.15, 0.2) is 0 Å². The van der Waals surface area contributed by atoms with E-state index in [1.165, 1.54) is 0 Å². The van der Waals surface area contributed by atoms with Gasteiger partial charge in [-0.3, -0.25) is 0 Å². The van der Waals surface area contributed by atoms with E-state index in [2.05, 4.69) is 18.3 Å². The molecular formula is C7H8N2. The molecule has 2 nitrogen and oxygen atoms in total. The van der Waals surface area contributed by atoms with Crippen LogP contribution in [-0.2, 0) is 0 Å². The van der Waals surface area contributed by atoms with Crippen LogP contribution in [0.5, 0.6) is 0 Å². The van der Waals surface area contributed by atoms with Gasteiger partial charge in [0.1, 0.15) is 0 Å². The van der Waals surface area contributed by atoms with Crippen molar-refractivity contribution in [1.29, 1.82) is 0 Å².